The number of carbonyl (C=O) groups is 1. The number of carbonyl (C=O) groups excluding carboxylic acids is 1. The van der Waals surface area contributed by atoms with Crippen molar-refractivity contribution in [1.82, 2.24) is 9.80 Å². The van der Waals surface area contributed by atoms with Crippen molar-refractivity contribution >= 4 is 5.91 Å². The van der Waals surface area contributed by atoms with Gasteiger partial charge in [0.1, 0.15) is 0 Å². The van der Waals surface area contributed by atoms with Crippen molar-refractivity contribution in [2.24, 2.45) is 0 Å². The average Bonchev–Trinajstić information content (AvgIpc) is 3.09. The second kappa shape index (κ2) is 5.95. The quantitative estimate of drug-likeness (QED) is 0.923. The minimum absolute atomic E-state index is 0.0831. The first-order chi connectivity index (χ1) is 11.2. The Balaban J connectivity index is 1.33. The molecular formula is C19H22N2O2. The lowest BCUT2D eigenvalue weighted by atomic mass is 10.0. The van der Waals surface area contributed by atoms with E-state index in [-0.39, 0.29) is 5.91 Å². The summed E-state index contributed by atoms with van der Waals surface area (Å²) in [7, 11) is 0. The van der Waals surface area contributed by atoms with Gasteiger partial charge in [0.15, 0.2) is 0 Å². The van der Waals surface area contributed by atoms with Gasteiger partial charge in [0.25, 0.3) is 5.91 Å². The van der Waals surface area contributed by atoms with Crippen LogP contribution in [0.15, 0.2) is 47.6 Å². The molecule has 0 radical (unpaired) electrons. The fourth-order valence-corrected chi connectivity index (χ4v) is 3.86. The minimum Gasteiger partial charge on any atom is -0.390 e. The molecule has 1 N–H and O–H groups in total. The van der Waals surface area contributed by atoms with E-state index in [4.69, 9.17) is 0 Å². The van der Waals surface area contributed by atoms with E-state index < -0.39 is 6.10 Å². The van der Waals surface area contributed by atoms with E-state index in [0.717, 1.165) is 31.5 Å². The molecule has 1 aromatic rings. The molecular weight excluding hydrogens is 288 g/mol. The molecule has 1 atom stereocenters. The number of hydrogen-bond donors (Lipinski definition) is 1. The molecule has 3 aliphatic rings. The number of rotatable bonds is 4. The van der Waals surface area contributed by atoms with Crippen LogP contribution < -0.4 is 0 Å². The molecule has 1 unspecified atom stereocenters. The van der Waals surface area contributed by atoms with E-state index in [1.165, 1.54) is 16.7 Å². The number of nitrogens with zero attached hydrogens (tertiary/aromatic N) is 2. The Kier molecular flexibility index (Phi) is 3.79. The molecule has 4 nitrogen and oxygen atoms in total. The van der Waals surface area contributed by atoms with Crippen LogP contribution in [0.2, 0.25) is 0 Å². The molecule has 0 aromatic heterocycles. The molecule has 0 bridgehead atoms. The summed E-state index contributed by atoms with van der Waals surface area (Å²) >= 11 is 0. The molecule has 1 amide bonds. The zero-order valence-electron chi connectivity index (χ0n) is 13.2. The van der Waals surface area contributed by atoms with Crippen molar-refractivity contribution in [3.8, 4) is 0 Å². The van der Waals surface area contributed by atoms with E-state index >= 15 is 0 Å². The smallest absolute Gasteiger partial charge is 0.254 e. The molecule has 4 heteroatoms. The maximum atomic E-state index is 12.4. The van der Waals surface area contributed by atoms with Crippen LogP contribution in [0.4, 0.5) is 0 Å². The SMILES string of the molecule is O=C1C2=C(CCC=C2)CN1CC(O)CN1Cc2ccccc2C1. The highest BCUT2D eigenvalue weighted by Gasteiger charge is 2.31. The van der Waals surface area contributed by atoms with E-state index in [2.05, 4.69) is 35.2 Å². The summed E-state index contributed by atoms with van der Waals surface area (Å²) in [5, 5.41) is 10.4. The maximum Gasteiger partial charge on any atom is 0.254 e. The molecule has 1 aromatic carbocycles. The second-order valence-electron chi connectivity index (χ2n) is 6.74. The van der Waals surface area contributed by atoms with Crippen molar-refractivity contribution in [3.05, 3.63) is 58.7 Å². The van der Waals surface area contributed by atoms with Crippen molar-refractivity contribution in [1.29, 1.82) is 0 Å². The van der Waals surface area contributed by atoms with Crippen LogP contribution in [0.3, 0.4) is 0 Å². The lowest BCUT2D eigenvalue weighted by Gasteiger charge is -2.24. The average molecular weight is 310 g/mol. The number of aliphatic hydroxyl groups is 1. The van der Waals surface area contributed by atoms with Gasteiger partial charge >= 0.3 is 0 Å². The number of hydrogen-bond acceptors (Lipinski definition) is 3. The van der Waals surface area contributed by atoms with Gasteiger partial charge in [-0.2, -0.15) is 0 Å². The fourth-order valence-electron chi connectivity index (χ4n) is 3.86. The van der Waals surface area contributed by atoms with Crippen molar-refractivity contribution in [3.63, 3.8) is 0 Å². The van der Waals surface area contributed by atoms with E-state index in [1.54, 1.807) is 4.90 Å². The Morgan fingerprint density at radius 3 is 2.52 bits per heavy atom. The number of amides is 1. The first-order valence-electron chi connectivity index (χ1n) is 8.36. The predicted molar refractivity (Wildman–Crippen MR) is 88.5 cm³/mol. The highest BCUT2D eigenvalue weighted by molar-refractivity contribution is 6.00. The summed E-state index contributed by atoms with van der Waals surface area (Å²) in [4.78, 5) is 16.4. The molecule has 0 saturated carbocycles. The second-order valence-corrected chi connectivity index (χ2v) is 6.74. The van der Waals surface area contributed by atoms with Crippen molar-refractivity contribution in [2.45, 2.75) is 32.0 Å². The van der Waals surface area contributed by atoms with Gasteiger partial charge < -0.3 is 10.0 Å². The minimum atomic E-state index is -0.501. The van der Waals surface area contributed by atoms with Gasteiger partial charge in [0, 0.05) is 38.3 Å². The molecule has 4 rings (SSSR count). The topological polar surface area (TPSA) is 43.8 Å². The Labute approximate surface area is 136 Å². The van der Waals surface area contributed by atoms with Crippen molar-refractivity contribution in [2.75, 3.05) is 19.6 Å². The summed E-state index contributed by atoms with van der Waals surface area (Å²) in [5.41, 5.74) is 4.79. The first kappa shape index (κ1) is 14.7. The Morgan fingerprint density at radius 1 is 1.09 bits per heavy atom. The van der Waals surface area contributed by atoms with Crippen LogP contribution in [-0.2, 0) is 17.9 Å². The van der Waals surface area contributed by atoms with Crippen molar-refractivity contribution < 1.29 is 9.90 Å². The summed E-state index contributed by atoms with van der Waals surface area (Å²) in [6.45, 7) is 3.50. The van der Waals surface area contributed by atoms with E-state index in [1.807, 2.05) is 6.08 Å². The van der Waals surface area contributed by atoms with Gasteiger partial charge in [-0.25, -0.2) is 0 Å². The Hall–Kier alpha value is -1.91. The third-order valence-electron chi connectivity index (χ3n) is 4.98. The largest absolute Gasteiger partial charge is 0.390 e. The summed E-state index contributed by atoms with van der Waals surface area (Å²) in [6, 6.07) is 8.42. The summed E-state index contributed by atoms with van der Waals surface area (Å²) < 4.78 is 0. The fraction of sp³-hybridized carbons (Fsp3) is 0.421. The molecule has 23 heavy (non-hydrogen) atoms. The molecule has 1 aliphatic carbocycles. The van der Waals surface area contributed by atoms with Gasteiger partial charge in [-0.3, -0.25) is 9.69 Å². The molecule has 0 saturated heterocycles. The lowest BCUT2D eigenvalue weighted by Crippen LogP contribution is -2.40. The summed E-state index contributed by atoms with van der Waals surface area (Å²) in [6.07, 6.45) is 5.52. The standard InChI is InChI=1S/C19H22N2O2/c22-17(12-20-9-14-5-1-2-6-15(14)10-20)13-21-11-16-7-3-4-8-18(16)19(21)23/h1-2,4-6,8,17,22H,3,7,9-13H2. The zero-order chi connectivity index (χ0) is 15.8. The van der Waals surface area contributed by atoms with Gasteiger partial charge in [-0.15, -0.1) is 0 Å². The van der Waals surface area contributed by atoms with Gasteiger partial charge in [-0.1, -0.05) is 36.4 Å². The van der Waals surface area contributed by atoms with Crippen LogP contribution in [0.5, 0.6) is 0 Å². The number of fused-ring (bicyclic) bond motifs is 1. The lowest BCUT2D eigenvalue weighted by molar-refractivity contribution is -0.126. The van der Waals surface area contributed by atoms with Gasteiger partial charge in [0.05, 0.1) is 6.10 Å². The van der Waals surface area contributed by atoms with Gasteiger partial charge in [0.2, 0.25) is 0 Å². The molecule has 2 heterocycles. The van der Waals surface area contributed by atoms with Crippen LogP contribution in [0.25, 0.3) is 0 Å². The monoisotopic (exact) mass is 310 g/mol. The predicted octanol–water partition coefficient (Wildman–Crippen LogP) is 1.85. The zero-order valence-corrected chi connectivity index (χ0v) is 13.2. The van der Waals surface area contributed by atoms with Gasteiger partial charge in [-0.05, 0) is 29.5 Å². The third kappa shape index (κ3) is 2.84. The third-order valence-corrected chi connectivity index (χ3v) is 4.98. The van der Waals surface area contributed by atoms with Crippen LogP contribution >= 0.6 is 0 Å². The number of β-amino-alcohol motifs (C(OH)–C–C–N with tert-alkyl or cyclic N) is 1. The van der Waals surface area contributed by atoms with Crippen LogP contribution in [0, 0.1) is 0 Å². The molecule has 120 valence electrons. The Bertz CT molecular complexity index is 667. The first-order valence-corrected chi connectivity index (χ1v) is 8.36. The molecule has 0 fully saturated rings. The normalized spacial score (nSPS) is 21.8. The molecule has 0 spiro atoms. The molecule has 2 aliphatic heterocycles. The van der Waals surface area contributed by atoms with E-state index in [9.17, 15) is 9.90 Å². The number of benzene rings is 1. The van der Waals surface area contributed by atoms with E-state index in [0.29, 0.717) is 19.6 Å². The maximum absolute atomic E-state index is 12.4. The highest BCUT2D eigenvalue weighted by Crippen LogP contribution is 2.28. The summed E-state index contributed by atoms with van der Waals surface area (Å²) in [5.74, 6) is 0.0831. The number of allylic oxidation sites excluding steroid dienone is 1. The highest BCUT2D eigenvalue weighted by atomic mass is 16.3. The van der Waals surface area contributed by atoms with Crippen LogP contribution in [-0.4, -0.2) is 46.6 Å². The number of aliphatic hydroxyl groups excluding tert-OH is 1. The van der Waals surface area contributed by atoms with Crippen LogP contribution in [0.1, 0.15) is 24.0 Å². The Morgan fingerprint density at radius 2 is 1.83 bits per heavy atom.